The Morgan fingerprint density at radius 3 is 2.70 bits per heavy atom. The van der Waals surface area contributed by atoms with Crippen molar-refractivity contribution in [3.63, 3.8) is 0 Å². The molecule has 1 saturated carbocycles. The predicted molar refractivity (Wildman–Crippen MR) is 134 cm³/mol. The van der Waals surface area contributed by atoms with E-state index in [0.717, 1.165) is 44.8 Å². The number of nitrogens with one attached hydrogen (secondary N) is 2. The zero-order chi connectivity index (χ0) is 23.3. The van der Waals surface area contributed by atoms with Gasteiger partial charge in [-0.25, -0.2) is 4.79 Å². The van der Waals surface area contributed by atoms with Crippen molar-refractivity contribution in [2.24, 2.45) is 5.92 Å². The number of rotatable bonds is 12. The first-order chi connectivity index (χ1) is 16.2. The molecule has 6 heteroatoms. The molecule has 6 nitrogen and oxygen atoms in total. The average molecular weight is 460 g/mol. The number of likely N-dealkylation sites (N-methyl/N-ethyl adjacent to an activating group) is 1. The number of unbranched alkanes of at least 4 members (excludes halogenated alkanes) is 1. The summed E-state index contributed by atoms with van der Waals surface area (Å²) < 4.78 is 11.5. The normalized spacial score (nSPS) is 21.5. The van der Waals surface area contributed by atoms with Gasteiger partial charge in [0.2, 0.25) is 0 Å². The molecule has 0 spiro atoms. The summed E-state index contributed by atoms with van der Waals surface area (Å²) in [6.07, 6.45) is 10.9. The maximum Gasteiger partial charge on any atom is 0.317 e. The van der Waals surface area contributed by atoms with Crippen LogP contribution in [0.5, 0.6) is 0 Å². The van der Waals surface area contributed by atoms with Crippen LogP contribution in [0, 0.1) is 5.92 Å². The molecule has 33 heavy (non-hydrogen) atoms. The van der Waals surface area contributed by atoms with E-state index in [-0.39, 0.29) is 24.1 Å². The Kier molecular flexibility index (Phi) is 11.5. The molecule has 0 bridgehead atoms. The van der Waals surface area contributed by atoms with Gasteiger partial charge in [0.25, 0.3) is 0 Å². The molecule has 2 fully saturated rings. The molecule has 1 saturated heterocycles. The van der Waals surface area contributed by atoms with Crippen LogP contribution in [0.4, 0.5) is 4.79 Å². The fourth-order valence-corrected chi connectivity index (χ4v) is 5.51. The molecule has 3 atom stereocenters. The molecular formula is C27H45N3O3. The number of morpholine rings is 1. The molecule has 2 aliphatic rings. The molecule has 2 N–H and O–H groups in total. The average Bonchev–Trinajstić information content (AvgIpc) is 2.85. The van der Waals surface area contributed by atoms with Crippen LogP contribution < -0.4 is 10.6 Å². The third-order valence-corrected chi connectivity index (χ3v) is 7.29. The molecule has 1 aliphatic carbocycles. The van der Waals surface area contributed by atoms with Gasteiger partial charge in [-0.15, -0.1) is 0 Å². The topological polar surface area (TPSA) is 62.8 Å². The van der Waals surface area contributed by atoms with Gasteiger partial charge in [0.15, 0.2) is 0 Å². The van der Waals surface area contributed by atoms with Crippen molar-refractivity contribution in [3.05, 3.63) is 35.9 Å². The van der Waals surface area contributed by atoms with Crippen molar-refractivity contribution in [1.29, 1.82) is 0 Å². The highest BCUT2D eigenvalue weighted by atomic mass is 16.5. The summed E-state index contributed by atoms with van der Waals surface area (Å²) >= 11 is 0. The van der Waals surface area contributed by atoms with Gasteiger partial charge in [0.05, 0.1) is 12.7 Å². The number of carbonyl (C=O) groups excluding carboxylic acids is 1. The van der Waals surface area contributed by atoms with Crippen LogP contribution in [0.25, 0.3) is 0 Å². The molecule has 186 valence electrons. The standard InChI is InChI=1S/C27H45N3O3/c1-28-20-24(19-22-11-5-3-6-12-22)29-27(31)30-16-18-33-26(21-30)25(15-9-10-17-32-2)23-13-7-4-8-14-23/h4,7-8,13-14,22,24-26,28H,3,5-6,9-12,15-21H2,1-2H3,(H,29,31)/t24-,25-,26+/m0/s1. The lowest BCUT2D eigenvalue weighted by molar-refractivity contribution is -0.0304. The summed E-state index contributed by atoms with van der Waals surface area (Å²) in [5, 5.41) is 6.63. The Hall–Kier alpha value is -1.63. The molecule has 0 radical (unpaired) electrons. The lowest BCUT2D eigenvalue weighted by Crippen LogP contribution is -2.54. The first-order valence-corrected chi connectivity index (χ1v) is 13.1. The van der Waals surface area contributed by atoms with E-state index < -0.39 is 0 Å². The smallest absolute Gasteiger partial charge is 0.317 e. The van der Waals surface area contributed by atoms with Crippen molar-refractivity contribution in [3.8, 4) is 0 Å². The van der Waals surface area contributed by atoms with Gasteiger partial charge in [0.1, 0.15) is 0 Å². The van der Waals surface area contributed by atoms with E-state index in [1.165, 1.54) is 37.7 Å². The van der Waals surface area contributed by atoms with E-state index >= 15 is 0 Å². The van der Waals surface area contributed by atoms with Crippen molar-refractivity contribution >= 4 is 6.03 Å². The van der Waals surface area contributed by atoms with Crippen LogP contribution in [-0.2, 0) is 9.47 Å². The van der Waals surface area contributed by atoms with E-state index in [1.807, 2.05) is 11.9 Å². The Morgan fingerprint density at radius 2 is 1.97 bits per heavy atom. The van der Waals surface area contributed by atoms with E-state index in [9.17, 15) is 4.79 Å². The monoisotopic (exact) mass is 459 g/mol. The maximum absolute atomic E-state index is 13.2. The third kappa shape index (κ3) is 8.58. The first kappa shape index (κ1) is 26.0. The fourth-order valence-electron chi connectivity index (χ4n) is 5.51. The van der Waals surface area contributed by atoms with Gasteiger partial charge in [-0.3, -0.25) is 0 Å². The van der Waals surface area contributed by atoms with Crippen LogP contribution in [0.1, 0.15) is 69.3 Å². The van der Waals surface area contributed by atoms with Crippen molar-refractivity contribution in [2.45, 2.75) is 75.9 Å². The van der Waals surface area contributed by atoms with Crippen molar-refractivity contribution < 1.29 is 14.3 Å². The van der Waals surface area contributed by atoms with Crippen LogP contribution >= 0.6 is 0 Å². The van der Waals surface area contributed by atoms with Crippen molar-refractivity contribution in [1.82, 2.24) is 15.5 Å². The number of hydrogen-bond donors (Lipinski definition) is 2. The summed E-state index contributed by atoms with van der Waals surface area (Å²) in [7, 11) is 3.73. The Balaban J connectivity index is 1.59. The molecule has 1 heterocycles. The highest BCUT2D eigenvalue weighted by molar-refractivity contribution is 5.74. The number of benzene rings is 1. The summed E-state index contributed by atoms with van der Waals surface area (Å²) in [5.74, 6) is 1.03. The van der Waals surface area contributed by atoms with Crippen molar-refractivity contribution in [2.75, 3.05) is 47.0 Å². The fraction of sp³-hybridized carbons (Fsp3) is 0.741. The van der Waals surface area contributed by atoms with Gasteiger partial charge in [-0.1, -0.05) is 68.9 Å². The lowest BCUT2D eigenvalue weighted by atomic mass is 9.85. The SMILES string of the molecule is CNC[C@H](CC1CCCCC1)NC(=O)N1CCO[C@@H]([C@@H](CCCCOC)c2ccccc2)C1. The van der Waals surface area contributed by atoms with Crippen LogP contribution in [0.2, 0.25) is 0 Å². The minimum Gasteiger partial charge on any atom is -0.385 e. The molecule has 0 aromatic heterocycles. The number of amides is 2. The Labute approximate surface area is 200 Å². The van der Waals surface area contributed by atoms with Crippen LogP contribution in [-0.4, -0.2) is 70.1 Å². The summed E-state index contributed by atoms with van der Waals surface area (Å²) in [6, 6.07) is 10.9. The Bertz CT molecular complexity index is 666. The van der Waals surface area contributed by atoms with Crippen LogP contribution in [0.15, 0.2) is 30.3 Å². The summed E-state index contributed by atoms with van der Waals surface area (Å²) in [5.41, 5.74) is 1.30. The summed E-state index contributed by atoms with van der Waals surface area (Å²) in [6.45, 7) is 3.50. The molecule has 1 aliphatic heterocycles. The number of carbonyl (C=O) groups is 1. The minimum absolute atomic E-state index is 0.0236. The number of urea groups is 1. The quantitative estimate of drug-likeness (QED) is 0.450. The van der Waals surface area contributed by atoms with Gasteiger partial charge >= 0.3 is 6.03 Å². The van der Waals surface area contributed by atoms with Gasteiger partial charge in [-0.2, -0.15) is 0 Å². The van der Waals surface area contributed by atoms with E-state index in [2.05, 4.69) is 41.0 Å². The van der Waals surface area contributed by atoms with Gasteiger partial charge in [-0.05, 0) is 37.8 Å². The second-order valence-corrected chi connectivity index (χ2v) is 9.80. The summed E-state index contributed by atoms with van der Waals surface area (Å²) in [4.78, 5) is 15.2. The minimum atomic E-state index is 0.0236. The zero-order valence-corrected chi connectivity index (χ0v) is 20.8. The zero-order valence-electron chi connectivity index (χ0n) is 20.8. The molecular weight excluding hydrogens is 414 g/mol. The number of hydrogen-bond acceptors (Lipinski definition) is 4. The maximum atomic E-state index is 13.2. The van der Waals surface area contributed by atoms with Gasteiger partial charge in [0, 0.05) is 45.3 Å². The van der Waals surface area contributed by atoms with E-state index in [0.29, 0.717) is 19.7 Å². The van der Waals surface area contributed by atoms with Crippen LogP contribution in [0.3, 0.4) is 0 Å². The second kappa shape index (κ2) is 14.6. The van der Waals surface area contributed by atoms with E-state index in [4.69, 9.17) is 9.47 Å². The second-order valence-electron chi connectivity index (χ2n) is 9.80. The molecule has 3 rings (SSSR count). The number of nitrogens with zero attached hydrogens (tertiary/aromatic N) is 1. The molecule has 1 aromatic carbocycles. The third-order valence-electron chi connectivity index (χ3n) is 7.29. The highest BCUT2D eigenvalue weighted by Crippen LogP contribution is 2.30. The van der Waals surface area contributed by atoms with E-state index in [1.54, 1.807) is 7.11 Å². The highest BCUT2D eigenvalue weighted by Gasteiger charge is 2.32. The largest absolute Gasteiger partial charge is 0.385 e. The van der Waals surface area contributed by atoms with Gasteiger partial charge < -0.3 is 25.0 Å². The molecule has 0 unspecified atom stereocenters. The number of methoxy groups -OCH3 is 1. The molecule has 1 aromatic rings. The molecule has 2 amide bonds. The predicted octanol–water partition coefficient (Wildman–Crippen LogP) is 4.56. The Morgan fingerprint density at radius 1 is 1.18 bits per heavy atom. The lowest BCUT2D eigenvalue weighted by Gasteiger charge is -2.38. The first-order valence-electron chi connectivity index (χ1n) is 13.1. The number of ether oxygens (including phenoxy) is 2.